The molecule has 0 aliphatic carbocycles. The minimum atomic E-state index is -0.168. The Labute approximate surface area is 202 Å². The molecule has 0 unspecified atom stereocenters. The molecule has 0 saturated heterocycles. The molecule has 1 amide bonds. The van der Waals surface area contributed by atoms with E-state index < -0.39 is 0 Å². The molecule has 1 aromatic heterocycles. The molecule has 33 heavy (non-hydrogen) atoms. The van der Waals surface area contributed by atoms with Crippen LogP contribution in [0.15, 0.2) is 84.0 Å². The zero-order chi connectivity index (χ0) is 23.0. The summed E-state index contributed by atoms with van der Waals surface area (Å²) >= 11 is 7.47. The molecule has 8 heteroatoms. The quantitative estimate of drug-likeness (QED) is 0.315. The predicted molar refractivity (Wildman–Crippen MR) is 133 cm³/mol. The summed E-state index contributed by atoms with van der Waals surface area (Å²) in [6, 6.07) is 25.0. The van der Waals surface area contributed by atoms with E-state index in [-0.39, 0.29) is 11.7 Å². The van der Waals surface area contributed by atoms with Crippen molar-refractivity contribution in [3.8, 4) is 11.4 Å². The van der Waals surface area contributed by atoms with Crippen LogP contribution in [0.2, 0.25) is 5.02 Å². The highest BCUT2D eigenvalue weighted by molar-refractivity contribution is 7.99. The van der Waals surface area contributed by atoms with Gasteiger partial charge in [-0.3, -0.25) is 9.36 Å². The molecule has 0 aliphatic rings. The van der Waals surface area contributed by atoms with Gasteiger partial charge in [-0.25, -0.2) is 0 Å². The molecule has 1 N–H and O–H groups in total. The summed E-state index contributed by atoms with van der Waals surface area (Å²) in [5.74, 6) is 1.59. The Balaban J connectivity index is 1.56. The molecule has 4 aromatic rings. The van der Waals surface area contributed by atoms with E-state index in [0.29, 0.717) is 28.9 Å². The van der Waals surface area contributed by atoms with Crippen LogP contribution in [0.1, 0.15) is 18.3 Å². The Kier molecular flexibility index (Phi) is 7.65. The van der Waals surface area contributed by atoms with E-state index in [1.807, 2.05) is 66.1 Å². The summed E-state index contributed by atoms with van der Waals surface area (Å²) < 4.78 is 7.55. The molecule has 4 rings (SSSR count). The average Bonchev–Trinajstić information content (AvgIpc) is 3.23. The number of carbonyl (C=O) groups excluding carboxylic acids is 1. The number of thioether (sulfide) groups is 1. The van der Waals surface area contributed by atoms with Gasteiger partial charge in [-0.05, 0) is 48.9 Å². The number of nitrogens with zero attached hydrogens (tertiary/aromatic N) is 3. The van der Waals surface area contributed by atoms with Crippen molar-refractivity contribution in [2.75, 3.05) is 17.7 Å². The van der Waals surface area contributed by atoms with Crippen molar-refractivity contribution in [2.24, 2.45) is 0 Å². The molecule has 0 bridgehead atoms. The lowest BCUT2D eigenvalue weighted by atomic mass is 10.1. The number of anilines is 1. The van der Waals surface area contributed by atoms with Crippen LogP contribution in [0, 0.1) is 0 Å². The first-order chi connectivity index (χ1) is 16.1. The Morgan fingerprint density at radius 2 is 1.73 bits per heavy atom. The monoisotopic (exact) mass is 478 g/mol. The molecule has 6 nitrogen and oxygen atoms in total. The van der Waals surface area contributed by atoms with E-state index in [2.05, 4.69) is 27.6 Å². The van der Waals surface area contributed by atoms with Crippen LogP contribution >= 0.6 is 23.4 Å². The molecular weight excluding hydrogens is 456 g/mol. The molecule has 3 aromatic carbocycles. The molecule has 0 fully saturated rings. The molecule has 1 heterocycles. The minimum Gasteiger partial charge on any atom is -0.494 e. The van der Waals surface area contributed by atoms with Gasteiger partial charge in [-0.1, -0.05) is 65.8 Å². The number of hydrogen-bond acceptors (Lipinski definition) is 5. The number of hydrogen-bond donors (Lipinski definition) is 1. The largest absolute Gasteiger partial charge is 0.494 e. The molecular formula is C25H23ClN4O2S. The number of amides is 1. The number of rotatable bonds is 9. The highest BCUT2D eigenvalue weighted by atomic mass is 35.5. The van der Waals surface area contributed by atoms with Gasteiger partial charge in [0.15, 0.2) is 5.16 Å². The van der Waals surface area contributed by atoms with Gasteiger partial charge in [0, 0.05) is 12.1 Å². The first-order valence-corrected chi connectivity index (χ1v) is 11.9. The third kappa shape index (κ3) is 5.94. The Hall–Kier alpha value is -3.29. The molecule has 168 valence electrons. The van der Waals surface area contributed by atoms with Gasteiger partial charge < -0.3 is 10.1 Å². The van der Waals surface area contributed by atoms with Gasteiger partial charge in [0.1, 0.15) is 11.6 Å². The number of nitrogens with one attached hydrogen (secondary N) is 1. The average molecular weight is 479 g/mol. The van der Waals surface area contributed by atoms with Crippen LogP contribution < -0.4 is 10.1 Å². The summed E-state index contributed by atoms with van der Waals surface area (Å²) in [7, 11) is 0. The second-order valence-electron chi connectivity index (χ2n) is 7.14. The molecule has 0 atom stereocenters. The topological polar surface area (TPSA) is 69.0 Å². The van der Waals surface area contributed by atoms with Crippen molar-refractivity contribution in [1.82, 2.24) is 14.8 Å². The van der Waals surface area contributed by atoms with Crippen molar-refractivity contribution in [3.05, 3.63) is 95.3 Å². The summed E-state index contributed by atoms with van der Waals surface area (Å²) in [5.41, 5.74) is 2.62. The highest BCUT2D eigenvalue weighted by Gasteiger charge is 2.17. The zero-order valence-corrected chi connectivity index (χ0v) is 19.6. The number of halogens is 1. The second kappa shape index (κ2) is 11.0. The van der Waals surface area contributed by atoms with E-state index in [1.165, 1.54) is 11.8 Å². The number of ether oxygens (including phenoxy) is 1. The Morgan fingerprint density at radius 3 is 2.45 bits per heavy atom. The lowest BCUT2D eigenvalue weighted by Gasteiger charge is -2.12. The number of carbonyl (C=O) groups is 1. The third-order valence-electron chi connectivity index (χ3n) is 4.79. The summed E-state index contributed by atoms with van der Waals surface area (Å²) in [4.78, 5) is 12.5. The fourth-order valence-corrected chi connectivity index (χ4v) is 4.24. The summed E-state index contributed by atoms with van der Waals surface area (Å²) in [6.45, 7) is 2.56. The maximum Gasteiger partial charge on any atom is 0.234 e. The van der Waals surface area contributed by atoms with Crippen molar-refractivity contribution in [2.45, 2.75) is 18.5 Å². The van der Waals surface area contributed by atoms with E-state index in [0.717, 1.165) is 22.8 Å². The first kappa shape index (κ1) is 22.9. The highest BCUT2D eigenvalue weighted by Crippen LogP contribution is 2.26. The maximum absolute atomic E-state index is 12.5. The van der Waals surface area contributed by atoms with Crippen LogP contribution in [0.3, 0.4) is 0 Å². The standard InChI is InChI=1S/C25H23ClN4O2S/c1-2-32-20-14-12-19(13-15-20)30-23(16-18-8-4-3-5-9-18)28-29-25(30)33-17-24(31)27-22-11-7-6-10-21(22)26/h3-15H,2,16-17H2,1H3,(H,27,31). The van der Waals surface area contributed by atoms with Crippen LogP contribution in [-0.4, -0.2) is 33.0 Å². The van der Waals surface area contributed by atoms with E-state index in [4.69, 9.17) is 16.3 Å². The van der Waals surface area contributed by atoms with Crippen LogP contribution in [0.25, 0.3) is 5.69 Å². The van der Waals surface area contributed by atoms with E-state index in [9.17, 15) is 4.79 Å². The number of benzene rings is 3. The molecule has 0 aliphatic heterocycles. The lowest BCUT2D eigenvalue weighted by molar-refractivity contribution is -0.113. The smallest absolute Gasteiger partial charge is 0.234 e. The van der Waals surface area contributed by atoms with Gasteiger partial charge in [0.05, 0.1) is 23.1 Å². The first-order valence-electron chi connectivity index (χ1n) is 10.5. The fourth-order valence-electron chi connectivity index (χ4n) is 3.28. The van der Waals surface area contributed by atoms with Gasteiger partial charge in [-0.2, -0.15) is 0 Å². The van der Waals surface area contributed by atoms with Gasteiger partial charge >= 0.3 is 0 Å². The van der Waals surface area contributed by atoms with Crippen molar-refractivity contribution < 1.29 is 9.53 Å². The fraction of sp³-hybridized carbons (Fsp3) is 0.160. The second-order valence-corrected chi connectivity index (χ2v) is 8.49. The van der Waals surface area contributed by atoms with Crippen LogP contribution in [0.5, 0.6) is 5.75 Å². The minimum absolute atomic E-state index is 0.168. The van der Waals surface area contributed by atoms with Gasteiger partial charge in [0.2, 0.25) is 5.91 Å². The van der Waals surface area contributed by atoms with Crippen molar-refractivity contribution >= 4 is 35.0 Å². The zero-order valence-electron chi connectivity index (χ0n) is 18.1. The van der Waals surface area contributed by atoms with Crippen LogP contribution in [-0.2, 0) is 11.2 Å². The Morgan fingerprint density at radius 1 is 1.00 bits per heavy atom. The SMILES string of the molecule is CCOc1ccc(-n2c(Cc3ccccc3)nnc2SCC(=O)Nc2ccccc2Cl)cc1. The van der Waals surface area contributed by atoms with Crippen molar-refractivity contribution in [1.29, 1.82) is 0 Å². The van der Waals surface area contributed by atoms with Gasteiger partial charge in [0.25, 0.3) is 0 Å². The van der Waals surface area contributed by atoms with E-state index >= 15 is 0 Å². The number of para-hydroxylation sites is 1. The van der Waals surface area contributed by atoms with Crippen LogP contribution in [0.4, 0.5) is 5.69 Å². The maximum atomic E-state index is 12.5. The molecule has 0 saturated carbocycles. The number of aromatic nitrogens is 3. The normalized spacial score (nSPS) is 10.7. The summed E-state index contributed by atoms with van der Waals surface area (Å²) in [6.07, 6.45) is 0.618. The van der Waals surface area contributed by atoms with Gasteiger partial charge in [-0.15, -0.1) is 10.2 Å². The Bertz CT molecular complexity index is 1210. The molecule has 0 spiro atoms. The lowest BCUT2D eigenvalue weighted by Crippen LogP contribution is -2.15. The van der Waals surface area contributed by atoms with Crippen molar-refractivity contribution in [3.63, 3.8) is 0 Å². The summed E-state index contributed by atoms with van der Waals surface area (Å²) in [5, 5.41) is 12.8. The third-order valence-corrected chi connectivity index (χ3v) is 6.05. The van der Waals surface area contributed by atoms with E-state index in [1.54, 1.807) is 12.1 Å². The predicted octanol–water partition coefficient (Wildman–Crippen LogP) is 5.64. The molecule has 0 radical (unpaired) electrons.